The van der Waals surface area contributed by atoms with Crippen molar-refractivity contribution in [3.05, 3.63) is 17.5 Å². The van der Waals surface area contributed by atoms with E-state index in [-0.39, 0.29) is 11.4 Å². The topological polar surface area (TPSA) is 38.0 Å². The molecule has 0 aliphatic carbocycles. The number of hydrogen-bond donors (Lipinski definition) is 1. The minimum Gasteiger partial charge on any atom is -0.387 e. The zero-order chi connectivity index (χ0) is 10.0. The van der Waals surface area contributed by atoms with Gasteiger partial charge in [0.25, 0.3) is 6.43 Å². The van der Waals surface area contributed by atoms with Crippen LogP contribution in [0.15, 0.2) is 6.20 Å². The van der Waals surface area contributed by atoms with Gasteiger partial charge in [0.2, 0.25) is 0 Å². The predicted molar refractivity (Wildman–Crippen MR) is 43.8 cm³/mol. The zero-order valence-electron chi connectivity index (χ0n) is 6.91. The lowest BCUT2D eigenvalue weighted by molar-refractivity contribution is 0.136. The minimum atomic E-state index is -2.69. The molecule has 0 amide bonds. The molecule has 1 heterocycles. The van der Waals surface area contributed by atoms with Crippen LogP contribution >= 0.6 is 11.6 Å². The summed E-state index contributed by atoms with van der Waals surface area (Å²) in [5, 5.41) is 12.8. The summed E-state index contributed by atoms with van der Waals surface area (Å²) >= 11 is 5.34. The predicted octanol–water partition coefficient (Wildman–Crippen LogP) is 1.63. The summed E-state index contributed by atoms with van der Waals surface area (Å²) in [5.41, 5.74) is -0.317. The molecule has 0 aliphatic rings. The fraction of sp³-hybridized carbons (Fsp3) is 0.571. The summed E-state index contributed by atoms with van der Waals surface area (Å²) in [6.07, 6.45) is -2.43. The van der Waals surface area contributed by atoms with E-state index in [2.05, 4.69) is 5.10 Å². The van der Waals surface area contributed by atoms with Crippen LogP contribution < -0.4 is 0 Å². The van der Waals surface area contributed by atoms with Gasteiger partial charge in [0.15, 0.2) is 0 Å². The number of aromatic nitrogens is 2. The second kappa shape index (κ2) is 4.02. The molecule has 0 aliphatic heterocycles. The van der Waals surface area contributed by atoms with Crippen molar-refractivity contribution in [2.24, 2.45) is 7.05 Å². The van der Waals surface area contributed by atoms with Gasteiger partial charge in [0.05, 0.1) is 12.0 Å². The van der Waals surface area contributed by atoms with E-state index in [1.807, 2.05) is 0 Å². The average molecular weight is 211 g/mol. The summed E-state index contributed by atoms with van der Waals surface area (Å²) in [6, 6.07) is 0. The van der Waals surface area contributed by atoms with Gasteiger partial charge < -0.3 is 5.11 Å². The molecule has 6 heteroatoms. The highest BCUT2D eigenvalue weighted by Crippen LogP contribution is 2.26. The van der Waals surface area contributed by atoms with E-state index in [1.54, 1.807) is 0 Å². The SMILES string of the molecule is Cn1cc(C(O)CCl)c(C(F)F)n1. The third kappa shape index (κ3) is 2.16. The summed E-state index contributed by atoms with van der Waals surface area (Å²) in [6.45, 7) is 0. The molecule has 1 atom stereocenters. The molecule has 1 unspecified atom stereocenters. The highest BCUT2D eigenvalue weighted by atomic mass is 35.5. The van der Waals surface area contributed by atoms with Crippen molar-refractivity contribution in [1.29, 1.82) is 0 Å². The fourth-order valence-corrected chi connectivity index (χ4v) is 1.20. The van der Waals surface area contributed by atoms with Gasteiger partial charge in [-0.05, 0) is 0 Å². The first kappa shape index (κ1) is 10.4. The summed E-state index contributed by atoms with van der Waals surface area (Å²) in [7, 11) is 1.51. The van der Waals surface area contributed by atoms with Crippen molar-refractivity contribution in [2.75, 3.05) is 5.88 Å². The molecule has 0 fully saturated rings. The number of hydrogen-bond acceptors (Lipinski definition) is 2. The average Bonchev–Trinajstić information content (AvgIpc) is 2.46. The molecule has 13 heavy (non-hydrogen) atoms. The molecule has 3 nitrogen and oxygen atoms in total. The Hall–Kier alpha value is -0.680. The number of aryl methyl sites for hydroxylation is 1. The number of aliphatic hydroxyl groups is 1. The van der Waals surface area contributed by atoms with Crippen molar-refractivity contribution in [2.45, 2.75) is 12.5 Å². The van der Waals surface area contributed by atoms with Gasteiger partial charge in [-0.1, -0.05) is 0 Å². The van der Waals surface area contributed by atoms with Gasteiger partial charge in [-0.15, -0.1) is 11.6 Å². The maximum absolute atomic E-state index is 12.3. The highest BCUT2D eigenvalue weighted by Gasteiger charge is 2.21. The van der Waals surface area contributed by atoms with E-state index in [0.717, 1.165) is 0 Å². The van der Waals surface area contributed by atoms with E-state index < -0.39 is 18.2 Å². The van der Waals surface area contributed by atoms with Crippen LogP contribution in [0.25, 0.3) is 0 Å². The molecular formula is C7H9ClF2N2O. The first-order chi connectivity index (χ1) is 6.06. The van der Waals surface area contributed by atoms with Crippen molar-refractivity contribution < 1.29 is 13.9 Å². The molecule has 1 rings (SSSR count). The van der Waals surface area contributed by atoms with Gasteiger partial charge in [-0.2, -0.15) is 5.10 Å². The molecule has 0 radical (unpaired) electrons. The van der Waals surface area contributed by atoms with Crippen LogP contribution in [0.5, 0.6) is 0 Å². The van der Waals surface area contributed by atoms with E-state index in [4.69, 9.17) is 11.6 Å². The Kier molecular flexibility index (Phi) is 3.22. The Bertz CT molecular complexity index is 290. The Morgan fingerprint density at radius 2 is 2.31 bits per heavy atom. The number of rotatable bonds is 3. The van der Waals surface area contributed by atoms with Crippen LogP contribution in [-0.2, 0) is 7.05 Å². The van der Waals surface area contributed by atoms with Crippen LogP contribution in [0.4, 0.5) is 8.78 Å². The summed E-state index contributed by atoms with van der Waals surface area (Å²) in [5.74, 6) is -0.120. The van der Waals surface area contributed by atoms with Crippen LogP contribution in [0, 0.1) is 0 Å². The van der Waals surface area contributed by atoms with Crippen molar-refractivity contribution in [1.82, 2.24) is 9.78 Å². The van der Waals surface area contributed by atoms with E-state index in [0.29, 0.717) is 0 Å². The Morgan fingerprint density at radius 1 is 1.69 bits per heavy atom. The van der Waals surface area contributed by atoms with Crippen molar-refractivity contribution in [3.8, 4) is 0 Å². The van der Waals surface area contributed by atoms with Gasteiger partial charge in [0.1, 0.15) is 5.69 Å². The van der Waals surface area contributed by atoms with Gasteiger partial charge in [0, 0.05) is 18.8 Å². The van der Waals surface area contributed by atoms with Crippen LogP contribution in [0.1, 0.15) is 23.8 Å². The van der Waals surface area contributed by atoms with Crippen molar-refractivity contribution in [3.63, 3.8) is 0 Å². The maximum atomic E-state index is 12.3. The second-order valence-electron chi connectivity index (χ2n) is 2.61. The van der Waals surface area contributed by atoms with Gasteiger partial charge >= 0.3 is 0 Å². The number of halogens is 3. The monoisotopic (exact) mass is 210 g/mol. The lowest BCUT2D eigenvalue weighted by atomic mass is 10.1. The Balaban J connectivity index is 3.04. The minimum absolute atomic E-state index is 0.0903. The largest absolute Gasteiger partial charge is 0.387 e. The van der Waals surface area contributed by atoms with E-state index in [1.165, 1.54) is 17.9 Å². The molecule has 0 saturated heterocycles. The number of nitrogens with zero attached hydrogens (tertiary/aromatic N) is 2. The first-order valence-electron chi connectivity index (χ1n) is 3.62. The van der Waals surface area contributed by atoms with Crippen LogP contribution in [-0.4, -0.2) is 20.8 Å². The number of alkyl halides is 3. The molecule has 0 aromatic carbocycles. The molecule has 0 spiro atoms. The lowest BCUT2D eigenvalue weighted by Crippen LogP contribution is -2.01. The lowest BCUT2D eigenvalue weighted by Gasteiger charge is -2.05. The smallest absolute Gasteiger partial charge is 0.282 e. The fourth-order valence-electron chi connectivity index (χ4n) is 1.03. The first-order valence-corrected chi connectivity index (χ1v) is 4.15. The van der Waals surface area contributed by atoms with Crippen LogP contribution in [0.2, 0.25) is 0 Å². The molecule has 0 saturated carbocycles. The van der Waals surface area contributed by atoms with E-state index in [9.17, 15) is 13.9 Å². The van der Waals surface area contributed by atoms with Gasteiger partial charge in [-0.3, -0.25) is 4.68 Å². The van der Waals surface area contributed by atoms with Crippen molar-refractivity contribution >= 4 is 11.6 Å². The Morgan fingerprint density at radius 3 is 2.77 bits per heavy atom. The third-order valence-electron chi connectivity index (χ3n) is 1.60. The highest BCUT2D eigenvalue weighted by molar-refractivity contribution is 6.18. The summed E-state index contributed by atoms with van der Waals surface area (Å²) < 4.78 is 25.8. The standard InChI is InChI=1S/C7H9ClF2N2O/c1-12-3-4(5(13)2-8)6(11-12)7(9)10/h3,5,7,13H,2H2,1H3. The molecular weight excluding hydrogens is 202 g/mol. The molecule has 0 bridgehead atoms. The van der Waals surface area contributed by atoms with Gasteiger partial charge in [-0.25, -0.2) is 8.78 Å². The molecule has 1 aromatic rings. The normalized spacial score (nSPS) is 13.7. The number of aliphatic hydroxyl groups excluding tert-OH is 1. The molecule has 1 N–H and O–H groups in total. The zero-order valence-corrected chi connectivity index (χ0v) is 7.67. The second-order valence-corrected chi connectivity index (χ2v) is 2.92. The molecule has 74 valence electrons. The summed E-state index contributed by atoms with van der Waals surface area (Å²) in [4.78, 5) is 0. The van der Waals surface area contributed by atoms with E-state index >= 15 is 0 Å². The third-order valence-corrected chi connectivity index (χ3v) is 1.89. The Labute approximate surface area is 78.9 Å². The quantitative estimate of drug-likeness (QED) is 0.770. The van der Waals surface area contributed by atoms with Crippen LogP contribution in [0.3, 0.4) is 0 Å². The maximum Gasteiger partial charge on any atom is 0.282 e. The molecule has 1 aromatic heterocycles.